The van der Waals surface area contributed by atoms with E-state index in [0.717, 1.165) is 34.9 Å². The first-order chi connectivity index (χ1) is 11.6. The van der Waals surface area contributed by atoms with E-state index in [1.807, 2.05) is 31.2 Å². The van der Waals surface area contributed by atoms with Gasteiger partial charge in [-0.05, 0) is 42.6 Å². The number of benzene rings is 1. The van der Waals surface area contributed by atoms with Crippen LogP contribution in [0, 0.1) is 6.92 Å². The molecule has 1 fully saturated rings. The van der Waals surface area contributed by atoms with E-state index in [9.17, 15) is 9.59 Å². The number of rotatable bonds is 5. The highest BCUT2D eigenvalue weighted by Gasteiger charge is 2.22. The number of hydrogen-bond acceptors (Lipinski definition) is 5. The van der Waals surface area contributed by atoms with Crippen molar-refractivity contribution in [1.29, 1.82) is 0 Å². The maximum absolute atomic E-state index is 12.4. The van der Waals surface area contributed by atoms with Gasteiger partial charge in [0.25, 0.3) is 5.91 Å². The van der Waals surface area contributed by atoms with Crippen LogP contribution in [0.3, 0.4) is 0 Å². The number of nitrogens with zero attached hydrogens (tertiary/aromatic N) is 2. The predicted octanol–water partition coefficient (Wildman–Crippen LogP) is 2.55. The Labute approximate surface area is 145 Å². The SMILES string of the molecule is CNc1snc(C)c1C(=O)NCc1cccc(N2CCCC2=O)c1. The normalized spacial score (nSPS) is 14.1. The summed E-state index contributed by atoms with van der Waals surface area (Å²) in [4.78, 5) is 26.1. The van der Waals surface area contributed by atoms with Crippen LogP contribution in [0.1, 0.15) is 34.5 Å². The van der Waals surface area contributed by atoms with Crippen molar-refractivity contribution in [2.45, 2.75) is 26.3 Å². The Kier molecular flexibility index (Phi) is 4.80. The Morgan fingerprint density at radius 2 is 2.25 bits per heavy atom. The molecule has 24 heavy (non-hydrogen) atoms. The molecule has 0 spiro atoms. The molecular weight excluding hydrogens is 324 g/mol. The van der Waals surface area contributed by atoms with E-state index < -0.39 is 0 Å². The van der Waals surface area contributed by atoms with Gasteiger partial charge in [-0.1, -0.05) is 12.1 Å². The lowest BCUT2D eigenvalue weighted by Crippen LogP contribution is -2.25. The highest BCUT2D eigenvalue weighted by molar-refractivity contribution is 7.10. The molecule has 2 heterocycles. The van der Waals surface area contributed by atoms with Crippen LogP contribution in [0.5, 0.6) is 0 Å². The molecule has 2 N–H and O–H groups in total. The number of anilines is 2. The highest BCUT2D eigenvalue weighted by Crippen LogP contribution is 2.24. The van der Waals surface area contributed by atoms with E-state index in [2.05, 4.69) is 15.0 Å². The molecule has 1 aliphatic heterocycles. The molecule has 126 valence electrons. The van der Waals surface area contributed by atoms with Gasteiger partial charge in [0.05, 0.1) is 11.3 Å². The third-order valence-corrected chi connectivity index (χ3v) is 5.02. The molecule has 1 aromatic carbocycles. The van der Waals surface area contributed by atoms with Gasteiger partial charge in [-0.25, -0.2) is 0 Å². The first kappa shape index (κ1) is 16.4. The second-order valence-electron chi connectivity index (χ2n) is 5.72. The van der Waals surface area contributed by atoms with Crippen LogP contribution in [-0.2, 0) is 11.3 Å². The second-order valence-corrected chi connectivity index (χ2v) is 6.50. The number of hydrogen-bond donors (Lipinski definition) is 2. The molecule has 1 aromatic heterocycles. The van der Waals surface area contributed by atoms with E-state index in [1.54, 1.807) is 11.9 Å². The minimum atomic E-state index is -0.145. The molecule has 7 heteroatoms. The quantitative estimate of drug-likeness (QED) is 0.874. The van der Waals surface area contributed by atoms with E-state index in [-0.39, 0.29) is 11.8 Å². The van der Waals surface area contributed by atoms with Crippen molar-refractivity contribution in [3.63, 3.8) is 0 Å². The monoisotopic (exact) mass is 344 g/mol. The highest BCUT2D eigenvalue weighted by atomic mass is 32.1. The fourth-order valence-corrected chi connectivity index (χ4v) is 3.58. The zero-order valence-corrected chi connectivity index (χ0v) is 14.6. The summed E-state index contributed by atoms with van der Waals surface area (Å²) in [6.07, 6.45) is 1.51. The summed E-state index contributed by atoms with van der Waals surface area (Å²) in [6.45, 7) is 3.00. The van der Waals surface area contributed by atoms with Crippen molar-refractivity contribution < 1.29 is 9.59 Å². The molecule has 2 aromatic rings. The number of carbonyl (C=O) groups is 2. The minimum Gasteiger partial charge on any atom is -0.378 e. The zero-order chi connectivity index (χ0) is 17.1. The van der Waals surface area contributed by atoms with E-state index in [1.165, 1.54) is 11.5 Å². The van der Waals surface area contributed by atoms with Crippen LogP contribution in [0.4, 0.5) is 10.7 Å². The van der Waals surface area contributed by atoms with Crippen LogP contribution in [-0.4, -0.2) is 29.8 Å². The summed E-state index contributed by atoms with van der Waals surface area (Å²) >= 11 is 1.28. The van der Waals surface area contributed by atoms with Gasteiger partial charge >= 0.3 is 0 Å². The second kappa shape index (κ2) is 7.00. The summed E-state index contributed by atoms with van der Waals surface area (Å²) in [6, 6.07) is 7.75. The van der Waals surface area contributed by atoms with E-state index >= 15 is 0 Å². The molecule has 6 nitrogen and oxygen atoms in total. The van der Waals surface area contributed by atoms with Crippen LogP contribution in [0.25, 0.3) is 0 Å². The molecule has 0 saturated carbocycles. The van der Waals surface area contributed by atoms with Crippen molar-refractivity contribution in [2.75, 3.05) is 23.8 Å². The van der Waals surface area contributed by atoms with Gasteiger partial charge in [0.15, 0.2) is 0 Å². The topological polar surface area (TPSA) is 74.3 Å². The Morgan fingerprint density at radius 1 is 1.42 bits per heavy atom. The number of aromatic nitrogens is 1. The lowest BCUT2D eigenvalue weighted by molar-refractivity contribution is -0.117. The van der Waals surface area contributed by atoms with Crippen LogP contribution in [0.15, 0.2) is 24.3 Å². The standard InChI is InChI=1S/C17H20N4O2S/c1-11-15(17(18-2)24-20-11)16(23)19-10-12-5-3-6-13(9-12)21-8-4-7-14(21)22/h3,5-6,9,18H,4,7-8,10H2,1-2H3,(H,19,23). The molecule has 0 aliphatic carbocycles. The van der Waals surface area contributed by atoms with Gasteiger partial charge in [0.1, 0.15) is 5.00 Å². The first-order valence-corrected chi connectivity index (χ1v) is 8.69. The Bertz CT molecular complexity index is 772. The maximum atomic E-state index is 12.4. The summed E-state index contributed by atoms with van der Waals surface area (Å²) in [5.74, 6) is 0.0167. The Balaban J connectivity index is 1.69. The van der Waals surface area contributed by atoms with Gasteiger partial charge in [-0.3, -0.25) is 9.59 Å². The zero-order valence-electron chi connectivity index (χ0n) is 13.8. The lowest BCUT2D eigenvalue weighted by Gasteiger charge is -2.16. The first-order valence-electron chi connectivity index (χ1n) is 7.91. The van der Waals surface area contributed by atoms with Crippen molar-refractivity contribution in [3.8, 4) is 0 Å². The average Bonchev–Trinajstić information content (AvgIpc) is 3.18. The Hall–Kier alpha value is -2.41. The molecule has 0 atom stereocenters. The number of aryl methyl sites for hydroxylation is 1. The molecule has 1 saturated heterocycles. The number of nitrogens with one attached hydrogen (secondary N) is 2. The maximum Gasteiger partial charge on any atom is 0.256 e. The molecule has 3 rings (SSSR count). The average molecular weight is 344 g/mol. The number of amides is 2. The molecule has 0 radical (unpaired) electrons. The van der Waals surface area contributed by atoms with Crippen LogP contribution < -0.4 is 15.5 Å². The molecular formula is C17H20N4O2S. The van der Waals surface area contributed by atoms with E-state index in [0.29, 0.717) is 18.5 Å². The summed E-state index contributed by atoms with van der Waals surface area (Å²) in [5, 5.41) is 6.69. The van der Waals surface area contributed by atoms with Crippen LogP contribution in [0.2, 0.25) is 0 Å². The molecule has 1 aliphatic rings. The molecule has 2 amide bonds. The largest absolute Gasteiger partial charge is 0.378 e. The third-order valence-electron chi connectivity index (χ3n) is 4.07. The smallest absolute Gasteiger partial charge is 0.256 e. The Morgan fingerprint density at radius 3 is 2.96 bits per heavy atom. The minimum absolute atomic E-state index is 0.145. The van der Waals surface area contributed by atoms with Crippen LogP contribution >= 0.6 is 11.5 Å². The predicted molar refractivity (Wildman–Crippen MR) is 95.6 cm³/mol. The third kappa shape index (κ3) is 3.26. The van der Waals surface area contributed by atoms with Crippen molar-refractivity contribution >= 4 is 34.0 Å². The van der Waals surface area contributed by atoms with Gasteiger partial charge in [0, 0.05) is 32.2 Å². The lowest BCUT2D eigenvalue weighted by atomic mass is 10.1. The fourth-order valence-electron chi connectivity index (χ4n) is 2.83. The van der Waals surface area contributed by atoms with Crippen molar-refractivity contribution in [3.05, 3.63) is 41.1 Å². The van der Waals surface area contributed by atoms with Crippen molar-refractivity contribution in [1.82, 2.24) is 9.69 Å². The summed E-state index contributed by atoms with van der Waals surface area (Å²) in [7, 11) is 1.78. The van der Waals surface area contributed by atoms with Crippen molar-refractivity contribution in [2.24, 2.45) is 0 Å². The number of carbonyl (C=O) groups excluding carboxylic acids is 2. The summed E-state index contributed by atoms with van der Waals surface area (Å²) < 4.78 is 4.21. The van der Waals surface area contributed by atoms with Gasteiger partial charge in [-0.15, -0.1) is 0 Å². The summed E-state index contributed by atoms with van der Waals surface area (Å²) in [5.41, 5.74) is 3.17. The fraction of sp³-hybridized carbons (Fsp3) is 0.353. The van der Waals surface area contributed by atoms with E-state index in [4.69, 9.17) is 0 Å². The van der Waals surface area contributed by atoms with Gasteiger partial charge < -0.3 is 15.5 Å². The molecule has 0 bridgehead atoms. The molecule has 0 unspecified atom stereocenters. The van der Waals surface area contributed by atoms with Gasteiger partial charge in [-0.2, -0.15) is 4.37 Å². The van der Waals surface area contributed by atoms with Gasteiger partial charge in [0.2, 0.25) is 5.91 Å².